The van der Waals surface area contributed by atoms with Crippen molar-refractivity contribution in [3.8, 4) is 11.4 Å². The van der Waals surface area contributed by atoms with Crippen LogP contribution in [0.5, 0.6) is 0 Å². The molecule has 0 unspecified atom stereocenters. The van der Waals surface area contributed by atoms with Gasteiger partial charge in [0.05, 0.1) is 17.8 Å². The average molecular weight is 364 g/mol. The summed E-state index contributed by atoms with van der Waals surface area (Å²) in [5, 5.41) is 3.06. The van der Waals surface area contributed by atoms with E-state index >= 15 is 0 Å². The Labute approximate surface area is 159 Å². The minimum Gasteiger partial charge on any atom is -0.352 e. The molecule has 0 spiro atoms. The standard InChI is InChI=1S/C21H24N4O2/c26-19(23-16-9-4-5-10-16)14-25-12-6-11-18-17(21(25)27)13-22-20(24-18)15-7-2-1-3-8-15/h1-3,7-8,13,16H,4-6,9-12,14H2,(H,23,26). The van der Waals surface area contributed by atoms with Crippen molar-refractivity contribution < 1.29 is 9.59 Å². The first kappa shape index (κ1) is 17.6. The van der Waals surface area contributed by atoms with Gasteiger partial charge in [-0.2, -0.15) is 0 Å². The number of amides is 2. The number of aryl methyl sites for hydroxylation is 1. The summed E-state index contributed by atoms with van der Waals surface area (Å²) in [7, 11) is 0. The molecule has 2 amide bonds. The minimum atomic E-state index is -0.149. The Bertz CT molecular complexity index is 831. The molecular weight excluding hydrogens is 340 g/mol. The number of nitrogens with zero attached hydrogens (tertiary/aromatic N) is 3. The fourth-order valence-electron chi connectivity index (χ4n) is 3.89. The summed E-state index contributed by atoms with van der Waals surface area (Å²) in [6, 6.07) is 10.0. The molecule has 0 bridgehead atoms. The smallest absolute Gasteiger partial charge is 0.257 e. The summed E-state index contributed by atoms with van der Waals surface area (Å²) in [5.74, 6) is 0.416. The Morgan fingerprint density at radius 3 is 2.70 bits per heavy atom. The van der Waals surface area contributed by atoms with Crippen LogP contribution in [0.15, 0.2) is 36.5 Å². The van der Waals surface area contributed by atoms with Crippen molar-refractivity contribution in [2.75, 3.05) is 13.1 Å². The van der Waals surface area contributed by atoms with Crippen LogP contribution in [-0.4, -0.2) is 45.8 Å². The van der Waals surface area contributed by atoms with Gasteiger partial charge >= 0.3 is 0 Å². The molecule has 0 atom stereocenters. The van der Waals surface area contributed by atoms with E-state index in [2.05, 4.69) is 15.3 Å². The lowest BCUT2D eigenvalue weighted by molar-refractivity contribution is -0.122. The van der Waals surface area contributed by atoms with Gasteiger partial charge < -0.3 is 10.2 Å². The maximum Gasteiger partial charge on any atom is 0.257 e. The fraction of sp³-hybridized carbons (Fsp3) is 0.429. The number of rotatable bonds is 4. The minimum absolute atomic E-state index is 0.0690. The summed E-state index contributed by atoms with van der Waals surface area (Å²) in [6.07, 6.45) is 7.53. The summed E-state index contributed by atoms with van der Waals surface area (Å²) in [6.45, 7) is 0.670. The van der Waals surface area contributed by atoms with Gasteiger partial charge in [0, 0.05) is 24.3 Å². The van der Waals surface area contributed by atoms with E-state index < -0.39 is 0 Å². The van der Waals surface area contributed by atoms with E-state index in [1.807, 2.05) is 30.3 Å². The number of nitrogens with one attached hydrogen (secondary N) is 1. The lowest BCUT2D eigenvalue weighted by Gasteiger charge is -2.21. The summed E-state index contributed by atoms with van der Waals surface area (Å²) < 4.78 is 0. The molecule has 1 aliphatic heterocycles. The zero-order valence-electron chi connectivity index (χ0n) is 15.4. The van der Waals surface area contributed by atoms with Crippen molar-refractivity contribution >= 4 is 11.8 Å². The van der Waals surface area contributed by atoms with Crippen molar-refractivity contribution in [1.29, 1.82) is 0 Å². The van der Waals surface area contributed by atoms with E-state index in [1.165, 1.54) is 12.8 Å². The predicted molar refractivity (Wildman–Crippen MR) is 102 cm³/mol. The molecule has 1 aromatic carbocycles. The molecule has 4 rings (SSSR count). The van der Waals surface area contributed by atoms with E-state index in [1.54, 1.807) is 11.1 Å². The SMILES string of the molecule is O=C(CN1CCCc2nc(-c3ccccc3)ncc2C1=O)NC1CCCC1. The highest BCUT2D eigenvalue weighted by Crippen LogP contribution is 2.21. The number of carbonyl (C=O) groups is 2. The lowest BCUT2D eigenvalue weighted by Crippen LogP contribution is -2.43. The molecule has 6 nitrogen and oxygen atoms in total. The van der Waals surface area contributed by atoms with E-state index in [0.29, 0.717) is 24.4 Å². The van der Waals surface area contributed by atoms with Crippen LogP contribution in [0.25, 0.3) is 11.4 Å². The van der Waals surface area contributed by atoms with Gasteiger partial charge in [-0.1, -0.05) is 43.2 Å². The molecule has 27 heavy (non-hydrogen) atoms. The molecule has 2 aliphatic rings. The van der Waals surface area contributed by atoms with E-state index in [-0.39, 0.29) is 24.4 Å². The lowest BCUT2D eigenvalue weighted by atomic mass is 10.1. The van der Waals surface area contributed by atoms with Crippen LogP contribution in [0.1, 0.15) is 48.2 Å². The molecule has 0 radical (unpaired) electrons. The first-order chi connectivity index (χ1) is 13.2. The van der Waals surface area contributed by atoms with Gasteiger partial charge in [0.1, 0.15) is 0 Å². The Balaban J connectivity index is 1.49. The third-order valence-electron chi connectivity index (χ3n) is 5.31. The Morgan fingerprint density at radius 1 is 1.15 bits per heavy atom. The third kappa shape index (κ3) is 3.99. The van der Waals surface area contributed by atoms with Crippen LogP contribution in [0, 0.1) is 0 Å². The van der Waals surface area contributed by atoms with Gasteiger partial charge in [0.15, 0.2) is 5.82 Å². The monoisotopic (exact) mass is 364 g/mol. The first-order valence-electron chi connectivity index (χ1n) is 9.70. The summed E-state index contributed by atoms with van der Waals surface area (Å²) >= 11 is 0. The predicted octanol–water partition coefficient (Wildman–Crippen LogP) is 2.59. The van der Waals surface area contributed by atoms with E-state index in [4.69, 9.17) is 0 Å². The molecule has 1 saturated carbocycles. The molecule has 1 fully saturated rings. The topological polar surface area (TPSA) is 75.2 Å². The van der Waals surface area contributed by atoms with E-state index in [0.717, 1.165) is 30.5 Å². The maximum atomic E-state index is 12.9. The van der Waals surface area contributed by atoms with Crippen molar-refractivity contribution in [3.05, 3.63) is 47.8 Å². The number of hydrogen-bond donors (Lipinski definition) is 1. The highest BCUT2D eigenvalue weighted by Gasteiger charge is 2.27. The van der Waals surface area contributed by atoms with Crippen molar-refractivity contribution in [2.45, 2.75) is 44.6 Å². The largest absolute Gasteiger partial charge is 0.352 e. The van der Waals surface area contributed by atoms with Gasteiger partial charge in [0.2, 0.25) is 5.91 Å². The third-order valence-corrected chi connectivity index (χ3v) is 5.31. The number of fused-ring (bicyclic) bond motifs is 1. The van der Waals surface area contributed by atoms with Gasteiger partial charge in [-0.25, -0.2) is 9.97 Å². The zero-order chi connectivity index (χ0) is 18.6. The van der Waals surface area contributed by atoms with E-state index in [9.17, 15) is 9.59 Å². The molecule has 1 aromatic heterocycles. The number of hydrogen-bond acceptors (Lipinski definition) is 4. The Hall–Kier alpha value is -2.76. The van der Waals surface area contributed by atoms with Crippen LogP contribution in [-0.2, 0) is 11.2 Å². The van der Waals surface area contributed by atoms with Crippen LogP contribution in [0.4, 0.5) is 0 Å². The molecule has 0 saturated heterocycles. The normalized spacial score (nSPS) is 17.5. The van der Waals surface area contributed by atoms with Crippen molar-refractivity contribution in [3.63, 3.8) is 0 Å². The molecular formula is C21H24N4O2. The van der Waals surface area contributed by atoms with Crippen LogP contribution in [0.3, 0.4) is 0 Å². The van der Waals surface area contributed by atoms with Crippen LogP contribution >= 0.6 is 0 Å². The number of aromatic nitrogens is 2. The van der Waals surface area contributed by atoms with Crippen LogP contribution in [0.2, 0.25) is 0 Å². The molecule has 2 aromatic rings. The molecule has 1 N–H and O–H groups in total. The summed E-state index contributed by atoms with van der Waals surface area (Å²) in [5.41, 5.74) is 2.22. The van der Waals surface area contributed by atoms with Crippen LogP contribution < -0.4 is 5.32 Å². The quantitative estimate of drug-likeness (QED) is 0.905. The second-order valence-corrected chi connectivity index (χ2v) is 7.30. The van der Waals surface area contributed by atoms with Gasteiger partial charge in [-0.15, -0.1) is 0 Å². The Kier molecular flexibility index (Phi) is 5.14. The number of benzene rings is 1. The second-order valence-electron chi connectivity index (χ2n) is 7.30. The Morgan fingerprint density at radius 2 is 1.93 bits per heavy atom. The first-order valence-corrected chi connectivity index (χ1v) is 9.70. The molecule has 6 heteroatoms. The molecule has 2 heterocycles. The zero-order valence-corrected chi connectivity index (χ0v) is 15.4. The van der Waals surface area contributed by atoms with Crippen molar-refractivity contribution in [2.24, 2.45) is 0 Å². The maximum absolute atomic E-state index is 12.9. The van der Waals surface area contributed by atoms with Crippen molar-refractivity contribution in [1.82, 2.24) is 20.2 Å². The molecule has 140 valence electrons. The molecule has 1 aliphatic carbocycles. The fourth-order valence-corrected chi connectivity index (χ4v) is 3.89. The summed E-state index contributed by atoms with van der Waals surface area (Å²) in [4.78, 5) is 35.9. The number of carbonyl (C=O) groups excluding carboxylic acids is 2. The highest BCUT2D eigenvalue weighted by atomic mass is 16.2. The highest BCUT2D eigenvalue weighted by molar-refractivity contribution is 5.97. The van der Waals surface area contributed by atoms with Gasteiger partial charge in [-0.3, -0.25) is 9.59 Å². The average Bonchev–Trinajstić information content (AvgIpc) is 3.15. The van der Waals surface area contributed by atoms with Gasteiger partial charge in [0.25, 0.3) is 5.91 Å². The van der Waals surface area contributed by atoms with Gasteiger partial charge in [-0.05, 0) is 25.7 Å². The second kappa shape index (κ2) is 7.86.